The van der Waals surface area contributed by atoms with Gasteiger partial charge in [0.2, 0.25) is 0 Å². The SMILES string of the molecule is NCCOCCOCCOc1cc(Cl)cc(N2CCNCC2)c1. The predicted molar refractivity (Wildman–Crippen MR) is 92.7 cm³/mol. The van der Waals surface area contributed by atoms with Crippen molar-refractivity contribution in [2.75, 3.05) is 70.7 Å². The first-order valence-corrected chi connectivity index (χ1v) is 8.42. The van der Waals surface area contributed by atoms with Gasteiger partial charge >= 0.3 is 0 Å². The third-order valence-corrected chi connectivity index (χ3v) is 3.69. The van der Waals surface area contributed by atoms with E-state index in [0.717, 1.165) is 37.6 Å². The molecule has 1 aliphatic rings. The number of nitrogens with zero attached hydrogens (tertiary/aromatic N) is 1. The largest absolute Gasteiger partial charge is 0.491 e. The molecule has 23 heavy (non-hydrogen) atoms. The Morgan fingerprint density at radius 3 is 2.43 bits per heavy atom. The van der Waals surface area contributed by atoms with Crippen LogP contribution in [0.5, 0.6) is 5.75 Å². The molecular formula is C16H26ClN3O3. The van der Waals surface area contributed by atoms with Crippen LogP contribution < -0.4 is 20.7 Å². The van der Waals surface area contributed by atoms with Gasteiger partial charge in [-0.1, -0.05) is 11.6 Å². The van der Waals surface area contributed by atoms with Crippen LogP contribution in [-0.4, -0.2) is 65.8 Å². The highest BCUT2D eigenvalue weighted by Crippen LogP contribution is 2.27. The maximum Gasteiger partial charge on any atom is 0.122 e. The Balaban J connectivity index is 1.71. The normalized spacial score (nSPS) is 15.0. The van der Waals surface area contributed by atoms with Crippen molar-refractivity contribution >= 4 is 17.3 Å². The lowest BCUT2D eigenvalue weighted by Gasteiger charge is -2.29. The van der Waals surface area contributed by atoms with Gasteiger partial charge in [0.25, 0.3) is 0 Å². The molecule has 0 bridgehead atoms. The Labute approximate surface area is 142 Å². The number of hydrogen-bond donors (Lipinski definition) is 2. The second-order valence-electron chi connectivity index (χ2n) is 5.24. The molecule has 7 heteroatoms. The summed E-state index contributed by atoms with van der Waals surface area (Å²) in [6, 6.07) is 5.84. The zero-order valence-electron chi connectivity index (χ0n) is 13.4. The molecule has 0 radical (unpaired) electrons. The highest BCUT2D eigenvalue weighted by atomic mass is 35.5. The van der Waals surface area contributed by atoms with Crippen LogP contribution in [0.25, 0.3) is 0 Å². The first-order chi connectivity index (χ1) is 11.3. The van der Waals surface area contributed by atoms with E-state index in [1.54, 1.807) is 0 Å². The number of halogens is 1. The van der Waals surface area contributed by atoms with E-state index in [0.29, 0.717) is 44.6 Å². The monoisotopic (exact) mass is 343 g/mol. The number of piperazine rings is 1. The molecule has 0 spiro atoms. The van der Waals surface area contributed by atoms with Crippen LogP contribution in [0.1, 0.15) is 0 Å². The molecule has 6 nitrogen and oxygen atoms in total. The van der Waals surface area contributed by atoms with Gasteiger partial charge in [-0.15, -0.1) is 0 Å². The van der Waals surface area contributed by atoms with Crippen molar-refractivity contribution in [3.05, 3.63) is 23.2 Å². The van der Waals surface area contributed by atoms with E-state index < -0.39 is 0 Å². The van der Waals surface area contributed by atoms with Gasteiger partial charge in [-0.2, -0.15) is 0 Å². The first-order valence-electron chi connectivity index (χ1n) is 8.04. The molecule has 1 fully saturated rings. The zero-order chi connectivity index (χ0) is 16.3. The van der Waals surface area contributed by atoms with Crippen molar-refractivity contribution in [2.24, 2.45) is 5.73 Å². The molecule has 1 heterocycles. The molecule has 0 saturated carbocycles. The lowest BCUT2D eigenvalue weighted by Crippen LogP contribution is -2.43. The summed E-state index contributed by atoms with van der Waals surface area (Å²) in [5.41, 5.74) is 6.43. The summed E-state index contributed by atoms with van der Waals surface area (Å²) in [6.07, 6.45) is 0. The second kappa shape index (κ2) is 10.7. The molecule has 1 aromatic rings. The fraction of sp³-hybridized carbons (Fsp3) is 0.625. The van der Waals surface area contributed by atoms with Crippen molar-refractivity contribution in [3.63, 3.8) is 0 Å². The van der Waals surface area contributed by atoms with Crippen molar-refractivity contribution < 1.29 is 14.2 Å². The minimum absolute atomic E-state index is 0.484. The van der Waals surface area contributed by atoms with Gasteiger partial charge in [0, 0.05) is 49.5 Å². The maximum atomic E-state index is 6.20. The predicted octanol–water partition coefficient (Wildman–Crippen LogP) is 1.12. The highest BCUT2D eigenvalue weighted by molar-refractivity contribution is 6.31. The lowest BCUT2D eigenvalue weighted by atomic mass is 10.2. The van der Waals surface area contributed by atoms with E-state index in [4.69, 9.17) is 31.5 Å². The van der Waals surface area contributed by atoms with E-state index in [1.165, 1.54) is 0 Å². The Hall–Kier alpha value is -1.05. The molecule has 3 N–H and O–H groups in total. The maximum absolute atomic E-state index is 6.20. The van der Waals surface area contributed by atoms with Gasteiger partial charge in [0.05, 0.1) is 26.4 Å². The fourth-order valence-corrected chi connectivity index (χ4v) is 2.58. The lowest BCUT2D eigenvalue weighted by molar-refractivity contribution is 0.0388. The minimum Gasteiger partial charge on any atom is -0.491 e. The summed E-state index contributed by atoms with van der Waals surface area (Å²) in [4.78, 5) is 2.31. The van der Waals surface area contributed by atoms with Gasteiger partial charge in [0.15, 0.2) is 0 Å². The molecule has 0 atom stereocenters. The van der Waals surface area contributed by atoms with Crippen LogP contribution in [0.3, 0.4) is 0 Å². The van der Waals surface area contributed by atoms with Crippen molar-refractivity contribution in [1.29, 1.82) is 0 Å². The van der Waals surface area contributed by atoms with Crippen molar-refractivity contribution in [3.8, 4) is 5.75 Å². The van der Waals surface area contributed by atoms with Crippen LogP contribution >= 0.6 is 11.6 Å². The number of nitrogens with two attached hydrogens (primary N) is 1. The number of rotatable bonds is 10. The third kappa shape index (κ3) is 6.93. The number of nitrogens with one attached hydrogen (secondary N) is 1. The third-order valence-electron chi connectivity index (χ3n) is 3.47. The fourth-order valence-electron chi connectivity index (χ4n) is 2.36. The topological polar surface area (TPSA) is 69.0 Å². The van der Waals surface area contributed by atoms with Crippen LogP contribution in [-0.2, 0) is 9.47 Å². The molecular weight excluding hydrogens is 318 g/mol. The number of hydrogen-bond acceptors (Lipinski definition) is 6. The highest BCUT2D eigenvalue weighted by Gasteiger charge is 2.12. The summed E-state index contributed by atoms with van der Waals surface area (Å²) in [7, 11) is 0. The summed E-state index contributed by atoms with van der Waals surface area (Å²) in [5, 5.41) is 4.03. The van der Waals surface area contributed by atoms with Gasteiger partial charge in [-0.05, 0) is 12.1 Å². The van der Waals surface area contributed by atoms with E-state index in [9.17, 15) is 0 Å². The van der Waals surface area contributed by atoms with Crippen LogP contribution in [0, 0.1) is 0 Å². The van der Waals surface area contributed by atoms with Crippen LogP contribution in [0.2, 0.25) is 5.02 Å². The van der Waals surface area contributed by atoms with E-state index in [-0.39, 0.29) is 0 Å². The van der Waals surface area contributed by atoms with Gasteiger partial charge in [-0.3, -0.25) is 0 Å². The first kappa shape index (κ1) is 18.3. The number of ether oxygens (including phenoxy) is 3. The number of benzene rings is 1. The smallest absolute Gasteiger partial charge is 0.122 e. The Bertz CT molecular complexity index is 456. The molecule has 0 unspecified atom stereocenters. The molecule has 1 aromatic carbocycles. The van der Waals surface area contributed by atoms with E-state index in [1.807, 2.05) is 18.2 Å². The van der Waals surface area contributed by atoms with Gasteiger partial charge < -0.3 is 30.2 Å². The Morgan fingerprint density at radius 2 is 1.70 bits per heavy atom. The average molecular weight is 344 g/mol. The molecule has 2 rings (SSSR count). The summed E-state index contributed by atoms with van der Waals surface area (Å²) < 4.78 is 16.4. The summed E-state index contributed by atoms with van der Waals surface area (Å²) >= 11 is 6.20. The van der Waals surface area contributed by atoms with E-state index in [2.05, 4.69) is 10.2 Å². The molecule has 1 saturated heterocycles. The summed E-state index contributed by atoms with van der Waals surface area (Å²) in [6.45, 7) is 7.14. The standard InChI is InChI=1S/C16H26ClN3O3/c17-14-11-15(20-4-2-19-3-5-20)13-16(12-14)23-10-9-22-8-7-21-6-1-18/h11-13,19H,1-10,18H2. The van der Waals surface area contributed by atoms with Crippen LogP contribution in [0.15, 0.2) is 18.2 Å². The molecule has 0 aliphatic carbocycles. The van der Waals surface area contributed by atoms with Crippen molar-refractivity contribution in [2.45, 2.75) is 0 Å². The summed E-state index contributed by atoms with van der Waals surface area (Å²) in [5.74, 6) is 0.772. The van der Waals surface area contributed by atoms with Gasteiger partial charge in [-0.25, -0.2) is 0 Å². The average Bonchev–Trinajstić information content (AvgIpc) is 2.57. The Kier molecular flexibility index (Phi) is 8.49. The quantitative estimate of drug-likeness (QED) is 0.620. The zero-order valence-corrected chi connectivity index (χ0v) is 14.2. The molecule has 1 aliphatic heterocycles. The molecule has 130 valence electrons. The molecule has 0 amide bonds. The second-order valence-corrected chi connectivity index (χ2v) is 5.68. The molecule has 0 aromatic heterocycles. The Morgan fingerprint density at radius 1 is 1.00 bits per heavy atom. The van der Waals surface area contributed by atoms with E-state index >= 15 is 0 Å². The van der Waals surface area contributed by atoms with Crippen molar-refractivity contribution in [1.82, 2.24) is 5.32 Å². The number of anilines is 1. The van der Waals surface area contributed by atoms with Crippen LogP contribution in [0.4, 0.5) is 5.69 Å². The minimum atomic E-state index is 0.484. The van der Waals surface area contributed by atoms with Gasteiger partial charge in [0.1, 0.15) is 12.4 Å².